The highest BCUT2D eigenvalue weighted by Gasteiger charge is 2.29. The molecule has 0 spiro atoms. The number of rotatable bonds is 5. The molecule has 2 aromatic heterocycles. The molecule has 7 nitrogen and oxygen atoms in total. The first-order valence-corrected chi connectivity index (χ1v) is 9.91. The molecule has 5 rings (SSSR count). The van der Waals surface area contributed by atoms with Crippen LogP contribution in [-0.2, 0) is 11.3 Å². The number of amides is 1. The molecular formula is C24H19N3O4. The number of aromatic carboxylic acids is 1. The van der Waals surface area contributed by atoms with Crippen LogP contribution in [0.3, 0.4) is 0 Å². The molecular weight excluding hydrogens is 394 g/mol. The molecule has 0 atom stereocenters. The molecule has 7 heteroatoms. The average molecular weight is 413 g/mol. The normalized spacial score (nSPS) is 12.4. The summed E-state index contributed by atoms with van der Waals surface area (Å²) in [5.74, 6) is -1.05. The number of carboxylic acids is 1. The van der Waals surface area contributed by atoms with Crippen molar-refractivity contribution in [3.63, 3.8) is 0 Å². The van der Waals surface area contributed by atoms with Gasteiger partial charge in [-0.1, -0.05) is 54.6 Å². The van der Waals surface area contributed by atoms with E-state index in [2.05, 4.69) is 34.6 Å². The molecule has 0 radical (unpaired) electrons. The van der Waals surface area contributed by atoms with Crippen molar-refractivity contribution in [3.8, 4) is 11.1 Å². The van der Waals surface area contributed by atoms with Gasteiger partial charge in [-0.15, -0.1) is 0 Å². The Labute approximate surface area is 177 Å². The van der Waals surface area contributed by atoms with Gasteiger partial charge in [0.15, 0.2) is 0 Å². The number of pyridine rings is 1. The molecule has 2 heterocycles. The van der Waals surface area contributed by atoms with Gasteiger partial charge in [0.25, 0.3) is 0 Å². The molecule has 4 aromatic rings. The summed E-state index contributed by atoms with van der Waals surface area (Å²) in [6.07, 6.45) is 1.06. The highest BCUT2D eigenvalue weighted by Crippen LogP contribution is 2.44. The topological polar surface area (TPSA) is 92.9 Å². The van der Waals surface area contributed by atoms with Crippen LogP contribution in [-0.4, -0.2) is 33.2 Å². The average Bonchev–Trinajstić information content (AvgIpc) is 3.35. The predicted octanol–water partition coefficient (Wildman–Crippen LogP) is 4.07. The van der Waals surface area contributed by atoms with Crippen molar-refractivity contribution in [2.45, 2.75) is 12.5 Å². The Morgan fingerprint density at radius 3 is 2.32 bits per heavy atom. The minimum atomic E-state index is -1.04. The molecule has 154 valence electrons. The maximum Gasteiger partial charge on any atom is 0.407 e. The summed E-state index contributed by atoms with van der Waals surface area (Å²) in [5.41, 5.74) is 5.80. The van der Waals surface area contributed by atoms with Crippen LogP contribution in [0.2, 0.25) is 0 Å². The van der Waals surface area contributed by atoms with Crippen LogP contribution in [0.4, 0.5) is 4.79 Å². The molecule has 1 amide bonds. The van der Waals surface area contributed by atoms with Crippen LogP contribution in [0.25, 0.3) is 16.8 Å². The number of alkyl carbamates (subject to hydrolysis) is 1. The van der Waals surface area contributed by atoms with Crippen molar-refractivity contribution in [2.24, 2.45) is 0 Å². The molecule has 0 saturated heterocycles. The third-order valence-corrected chi connectivity index (χ3v) is 5.52. The zero-order valence-corrected chi connectivity index (χ0v) is 16.5. The Hall–Kier alpha value is -4.13. The Balaban J connectivity index is 1.26. The van der Waals surface area contributed by atoms with Crippen molar-refractivity contribution < 1.29 is 19.4 Å². The van der Waals surface area contributed by atoms with Gasteiger partial charge in [0.1, 0.15) is 17.9 Å². The highest BCUT2D eigenvalue weighted by molar-refractivity contribution is 5.86. The lowest BCUT2D eigenvalue weighted by molar-refractivity contribution is 0.0688. The Bertz CT molecular complexity index is 1270. The fourth-order valence-corrected chi connectivity index (χ4v) is 4.13. The van der Waals surface area contributed by atoms with E-state index in [4.69, 9.17) is 4.74 Å². The van der Waals surface area contributed by atoms with Crippen molar-refractivity contribution in [1.82, 2.24) is 14.7 Å². The quantitative estimate of drug-likeness (QED) is 0.514. The van der Waals surface area contributed by atoms with Crippen molar-refractivity contribution in [2.75, 3.05) is 6.61 Å². The van der Waals surface area contributed by atoms with Crippen molar-refractivity contribution in [3.05, 3.63) is 95.4 Å². The number of benzene rings is 2. The fraction of sp³-hybridized carbons (Fsp3) is 0.125. The van der Waals surface area contributed by atoms with Gasteiger partial charge in [-0.05, 0) is 34.4 Å². The Morgan fingerprint density at radius 1 is 0.968 bits per heavy atom. The lowest BCUT2D eigenvalue weighted by Crippen LogP contribution is -2.25. The smallest absolute Gasteiger partial charge is 0.407 e. The molecule has 0 aliphatic heterocycles. The summed E-state index contributed by atoms with van der Waals surface area (Å²) >= 11 is 0. The monoisotopic (exact) mass is 413 g/mol. The fourth-order valence-electron chi connectivity index (χ4n) is 4.13. The second kappa shape index (κ2) is 7.60. The third-order valence-electron chi connectivity index (χ3n) is 5.52. The molecule has 0 saturated carbocycles. The largest absolute Gasteiger partial charge is 0.477 e. The molecule has 0 fully saturated rings. The van der Waals surface area contributed by atoms with Crippen LogP contribution in [0, 0.1) is 0 Å². The van der Waals surface area contributed by atoms with E-state index in [0.29, 0.717) is 11.3 Å². The van der Waals surface area contributed by atoms with E-state index in [9.17, 15) is 14.7 Å². The molecule has 0 unspecified atom stereocenters. The van der Waals surface area contributed by atoms with Crippen LogP contribution >= 0.6 is 0 Å². The van der Waals surface area contributed by atoms with E-state index in [1.807, 2.05) is 24.3 Å². The molecule has 31 heavy (non-hydrogen) atoms. The summed E-state index contributed by atoms with van der Waals surface area (Å²) in [6.45, 7) is 0.367. The van der Waals surface area contributed by atoms with E-state index in [1.54, 1.807) is 18.3 Å². The zero-order chi connectivity index (χ0) is 21.4. The maximum absolute atomic E-state index is 12.3. The number of carbonyl (C=O) groups excluding carboxylic acids is 1. The summed E-state index contributed by atoms with van der Waals surface area (Å²) in [4.78, 5) is 28.0. The number of fused-ring (bicyclic) bond motifs is 4. The van der Waals surface area contributed by atoms with Crippen molar-refractivity contribution >= 4 is 17.7 Å². The minimum Gasteiger partial charge on any atom is -0.477 e. The number of aromatic nitrogens is 2. The molecule has 1 aliphatic rings. The van der Waals surface area contributed by atoms with E-state index in [1.165, 1.54) is 21.6 Å². The van der Waals surface area contributed by atoms with Crippen LogP contribution < -0.4 is 5.32 Å². The zero-order valence-electron chi connectivity index (χ0n) is 16.5. The van der Waals surface area contributed by atoms with Gasteiger partial charge in [0.05, 0.1) is 12.2 Å². The molecule has 1 aliphatic carbocycles. The van der Waals surface area contributed by atoms with Crippen molar-refractivity contribution in [1.29, 1.82) is 0 Å². The van der Waals surface area contributed by atoms with Gasteiger partial charge in [-0.25, -0.2) is 14.6 Å². The summed E-state index contributed by atoms with van der Waals surface area (Å²) in [5, 5.41) is 12.0. The lowest BCUT2D eigenvalue weighted by Gasteiger charge is -2.14. The standard InChI is InChI=1S/C24H19N3O4/c28-23(29)21-10-5-11-22-26-15(13-27(21)22)12-25-24(30)31-14-20-18-8-3-1-6-16(18)17-7-2-4-9-19(17)20/h1-11,13,20H,12,14H2,(H,25,30)(H,28,29). The second-order valence-corrected chi connectivity index (χ2v) is 7.36. The van der Waals surface area contributed by atoms with Gasteiger partial charge in [0, 0.05) is 12.1 Å². The Kier molecular flexibility index (Phi) is 4.63. The van der Waals surface area contributed by atoms with Gasteiger partial charge < -0.3 is 15.2 Å². The Morgan fingerprint density at radius 2 is 1.65 bits per heavy atom. The second-order valence-electron chi connectivity index (χ2n) is 7.36. The number of imidazole rings is 1. The maximum atomic E-state index is 12.3. The van der Waals surface area contributed by atoms with Crippen LogP contribution in [0.1, 0.15) is 33.2 Å². The van der Waals surface area contributed by atoms with Crippen LogP contribution in [0.15, 0.2) is 72.9 Å². The number of hydrogen-bond acceptors (Lipinski definition) is 4. The number of nitrogens with zero attached hydrogens (tertiary/aromatic N) is 2. The van der Waals surface area contributed by atoms with Gasteiger partial charge >= 0.3 is 12.1 Å². The SMILES string of the molecule is O=C(NCc1cn2c(C(=O)O)cccc2n1)OCC1c2ccccc2-c2ccccc21. The van der Waals surface area contributed by atoms with Gasteiger partial charge in [-0.3, -0.25) is 4.40 Å². The predicted molar refractivity (Wildman–Crippen MR) is 114 cm³/mol. The van der Waals surface area contributed by atoms with E-state index in [-0.39, 0.29) is 24.8 Å². The minimum absolute atomic E-state index is 0.00790. The first-order valence-electron chi connectivity index (χ1n) is 9.91. The first-order chi connectivity index (χ1) is 15.1. The summed E-state index contributed by atoms with van der Waals surface area (Å²) in [7, 11) is 0. The molecule has 2 aromatic carbocycles. The summed E-state index contributed by atoms with van der Waals surface area (Å²) < 4.78 is 7.00. The number of nitrogens with one attached hydrogen (secondary N) is 1. The highest BCUT2D eigenvalue weighted by atomic mass is 16.5. The summed E-state index contributed by atoms with van der Waals surface area (Å²) in [6, 6.07) is 21.2. The molecule has 0 bridgehead atoms. The van der Waals surface area contributed by atoms with Gasteiger partial charge in [-0.2, -0.15) is 0 Å². The van der Waals surface area contributed by atoms with Crippen LogP contribution in [0.5, 0.6) is 0 Å². The first kappa shape index (κ1) is 18.9. The molecule has 2 N–H and O–H groups in total. The number of ether oxygens (including phenoxy) is 1. The lowest BCUT2D eigenvalue weighted by atomic mass is 9.98. The number of carbonyl (C=O) groups is 2. The van der Waals surface area contributed by atoms with Gasteiger partial charge in [0.2, 0.25) is 0 Å². The van der Waals surface area contributed by atoms with E-state index >= 15 is 0 Å². The third kappa shape index (κ3) is 3.40. The van der Waals surface area contributed by atoms with E-state index < -0.39 is 12.1 Å². The van der Waals surface area contributed by atoms with E-state index in [0.717, 1.165) is 11.1 Å². The number of hydrogen-bond donors (Lipinski definition) is 2. The number of carboxylic acid groups (broad SMARTS) is 1.